The van der Waals surface area contributed by atoms with Gasteiger partial charge in [-0.25, -0.2) is 13.2 Å². The monoisotopic (exact) mass is 610 g/mol. The van der Waals surface area contributed by atoms with Crippen LogP contribution in [0.25, 0.3) is 32.9 Å². The highest BCUT2D eigenvalue weighted by atomic mass is 35.5. The number of hydrogen-bond acceptors (Lipinski definition) is 7. The number of anilines is 1. The van der Waals surface area contributed by atoms with Crippen LogP contribution in [-0.4, -0.2) is 95.9 Å². The minimum Gasteiger partial charge on any atom is -0.462 e. The Kier molecular flexibility index (Phi) is 8.36. The van der Waals surface area contributed by atoms with Crippen molar-refractivity contribution in [3.8, 4) is 17.3 Å². The standard InChI is InChI=1S/C31H30ClF3N6O2/c1-39-17-20(34)15-21(39)18-43-31-37-29-23(30(38-31)41-13-11-40(12-14-41)25(42)9-4-10-33)16-36-28(27(29)35)22-7-2-5-19-6-3-8-24(32)26(19)22/h2-9,16,20-21H,10-15,17-18H2,1H3/b9-4+/t20-,21+/m1/s1. The van der Waals surface area contributed by atoms with Crippen molar-refractivity contribution in [1.82, 2.24) is 24.8 Å². The Bertz CT molecular complexity index is 1690. The molecule has 0 aliphatic carbocycles. The lowest BCUT2D eigenvalue weighted by Crippen LogP contribution is -2.48. The van der Waals surface area contributed by atoms with E-state index < -0.39 is 18.7 Å². The second-order valence-electron chi connectivity index (χ2n) is 10.8. The molecule has 4 aromatic rings. The molecule has 0 radical (unpaired) electrons. The molecule has 8 nitrogen and oxygen atoms in total. The molecular formula is C31H30ClF3N6O2. The van der Waals surface area contributed by atoms with E-state index in [0.29, 0.717) is 66.3 Å². The fraction of sp³-hybridized carbons (Fsp3) is 0.355. The number of fused-ring (bicyclic) bond motifs is 2. The van der Waals surface area contributed by atoms with Gasteiger partial charge in [0.2, 0.25) is 5.91 Å². The van der Waals surface area contributed by atoms with E-state index in [4.69, 9.17) is 16.3 Å². The fourth-order valence-electron chi connectivity index (χ4n) is 5.77. The maximum absolute atomic E-state index is 16.5. The molecular weight excluding hydrogens is 581 g/mol. The van der Waals surface area contributed by atoms with Crippen LogP contribution < -0.4 is 9.64 Å². The van der Waals surface area contributed by atoms with Crippen molar-refractivity contribution in [3.63, 3.8) is 0 Å². The summed E-state index contributed by atoms with van der Waals surface area (Å²) < 4.78 is 48.9. The zero-order valence-electron chi connectivity index (χ0n) is 23.5. The molecule has 2 saturated heterocycles. The number of alkyl halides is 2. The van der Waals surface area contributed by atoms with E-state index in [2.05, 4.69) is 15.0 Å². The Morgan fingerprint density at radius 1 is 1.14 bits per heavy atom. The van der Waals surface area contributed by atoms with E-state index in [0.717, 1.165) is 5.39 Å². The third-order valence-corrected chi connectivity index (χ3v) is 8.35. The summed E-state index contributed by atoms with van der Waals surface area (Å²) in [5.41, 5.74) is 0.648. The topological polar surface area (TPSA) is 74.7 Å². The van der Waals surface area contributed by atoms with Gasteiger partial charge in [0, 0.05) is 67.0 Å². The molecule has 0 N–H and O–H groups in total. The predicted molar refractivity (Wildman–Crippen MR) is 161 cm³/mol. The van der Waals surface area contributed by atoms with Crippen LogP contribution in [0, 0.1) is 5.82 Å². The van der Waals surface area contributed by atoms with Crippen molar-refractivity contribution in [2.24, 2.45) is 0 Å². The van der Waals surface area contributed by atoms with Crippen molar-refractivity contribution in [1.29, 1.82) is 0 Å². The van der Waals surface area contributed by atoms with Gasteiger partial charge in [-0.3, -0.25) is 14.7 Å². The molecule has 0 unspecified atom stereocenters. The zero-order chi connectivity index (χ0) is 30.1. The number of carbonyl (C=O) groups is 1. The Morgan fingerprint density at radius 2 is 1.91 bits per heavy atom. The number of allylic oxidation sites excluding steroid dienone is 1. The van der Waals surface area contributed by atoms with Gasteiger partial charge in [0.05, 0.1) is 5.39 Å². The summed E-state index contributed by atoms with van der Waals surface area (Å²) in [6.45, 7) is 1.28. The first-order valence-corrected chi connectivity index (χ1v) is 14.5. The highest BCUT2D eigenvalue weighted by Crippen LogP contribution is 2.37. The van der Waals surface area contributed by atoms with Crippen molar-refractivity contribution in [2.75, 3.05) is 58.0 Å². The summed E-state index contributed by atoms with van der Waals surface area (Å²) >= 11 is 6.54. The number of halogens is 4. The SMILES string of the molecule is CN1C[C@H](F)C[C@H]1COc1nc(N2CCN(C(=O)/C=C/CF)CC2)c2cnc(-c3cccc4cccc(Cl)c34)c(F)c2n1. The maximum Gasteiger partial charge on any atom is 0.319 e. The number of likely N-dealkylation sites (tertiary alicyclic amines) is 1. The number of ether oxygens (including phenoxy) is 1. The lowest BCUT2D eigenvalue weighted by atomic mass is 10.0. The van der Waals surface area contributed by atoms with Crippen LogP contribution in [0.2, 0.25) is 5.02 Å². The normalized spacial score (nSPS) is 19.7. The van der Waals surface area contributed by atoms with E-state index in [9.17, 15) is 13.6 Å². The van der Waals surface area contributed by atoms with Crippen LogP contribution in [0.5, 0.6) is 6.01 Å². The van der Waals surface area contributed by atoms with Crippen LogP contribution in [0.4, 0.5) is 19.0 Å². The summed E-state index contributed by atoms with van der Waals surface area (Å²) in [5.74, 6) is -0.499. The van der Waals surface area contributed by atoms with Crippen molar-refractivity contribution < 1.29 is 22.7 Å². The highest BCUT2D eigenvalue weighted by molar-refractivity contribution is 6.36. The summed E-state index contributed by atoms with van der Waals surface area (Å²) in [6, 6.07) is 10.8. The molecule has 0 bridgehead atoms. The number of likely N-dealkylation sites (N-methyl/N-ethyl adjacent to an activating group) is 1. The third-order valence-electron chi connectivity index (χ3n) is 8.04. The second-order valence-corrected chi connectivity index (χ2v) is 11.2. The Morgan fingerprint density at radius 3 is 2.63 bits per heavy atom. The molecule has 2 atom stereocenters. The van der Waals surface area contributed by atoms with Gasteiger partial charge in [-0.05, 0) is 31.0 Å². The second kappa shape index (κ2) is 12.3. The van der Waals surface area contributed by atoms with Crippen LogP contribution in [-0.2, 0) is 4.79 Å². The van der Waals surface area contributed by atoms with Gasteiger partial charge in [-0.2, -0.15) is 9.97 Å². The summed E-state index contributed by atoms with van der Waals surface area (Å²) in [5, 5.41) is 2.39. The quantitative estimate of drug-likeness (QED) is 0.265. The molecule has 2 fully saturated rings. The largest absolute Gasteiger partial charge is 0.462 e. The molecule has 2 aliphatic rings. The number of carbonyl (C=O) groups excluding carboxylic acids is 1. The number of pyridine rings is 1. The minimum absolute atomic E-state index is 0.0292. The van der Waals surface area contributed by atoms with Gasteiger partial charge in [-0.15, -0.1) is 0 Å². The molecule has 224 valence electrons. The molecule has 4 heterocycles. The number of benzene rings is 2. The number of rotatable bonds is 7. The first-order valence-electron chi connectivity index (χ1n) is 14.1. The van der Waals surface area contributed by atoms with Crippen LogP contribution in [0.3, 0.4) is 0 Å². The molecule has 6 rings (SSSR count). The fourth-order valence-corrected chi connectivity index (χ4v) is 6.06. The summed E-state index contributed by atoms with van der Waals surface area (Å²) in [7, 11) is 1.83. The first kappa shape index (κ1) is 29.1. The van der Waals surface area contributed by atoms with Crippen molar-refractivity contribution in [2.45, 2.75) is 18.6 Å². The van der Waals surface area contributed by atoms with Gasteiger partial charge in [0.15, 0.2) is 5.82 Å². The van der Waals surface area contributed by atoms with Crippen LogP contribution in [0.1, 0.15) is 6.42 Å². The molecule has 12 heteroatoms. The van der Waals surface area contributed by atoms with E-state index >= 15 is 4.39 Å². The smallest absolute Gasteiger partial charge is 0.319 e. The Hall–Kier alpha value is -3.96. The van der Waals surface area contributed by atoms with Gasteiger partial charge in [0.1, 0.15) is 36.5 Å². The van der Waals surface area contributed by atoms with Crippen LogP contribution in [0.15, 0.2) is 54.7 Å². The van der Waals surface area contributed by atoms with Gasteiger partial charge in [0.25, 0.3) is 0 Å². The summed E-state index contributed by atoms with van der Waals surface area (Å²) in [4.78, 5) is 31.4. The lowest BCUT2D eigenvalue weighted by molar-refractivity contribution is -0.126. The zero-order valence-corrected chi connectivity index (χ0v) is 24.3. The van der Waals surface area contributed by atoms with E-state index in [-0.39, 0.29) is 35.8 Å². The molecule has 43 heavy (non-hydrogen) atoms. The molecule has 0 spiro atoms. The number of aromatic nitrogens is 3. The minimum atomic E-state index is -0.941. The van der Waals surface area contributed by atoms with Crippen molar-refractivity contribution >= 4 is 45.0 Å². The van der Waals surface area contributed by atoms with E-state index in [1.807, 2.05) is 41.1 Å². The molecule has 2 aliphatic heterocycles. The molecule has 1 amide bonds. The number of piperazine rings is 1. The number of hydrogen-bond donors (Lipinski definition) is 0. The van der Waals surface area contributed by atoms with E-state index in [1.165, 1.54) is 12.2 Å². The lowest BCUT2D eigenvalue weighted by Gasteiger charge is -2.35. The highest BCUT2D eigenvalue weighted by Gasteiger charge is 2.31. The predicted octanol–water partition coefficient (Wildman–Crippen LogP) is 5.23. The number of nitrogens with zero attached hydrogens (tertiary/aromatic N) is 6. The third kappa shape index (κ3) is 5.83. The number of amides is 1. The Labute approximate surface area is 251 Å². The van der Waals surface area contributed by atoms with Gasteiger partial charge in [-0.1, -0.05) is 41.9 Å². The maximum atomic E-state index is 16.5. The molecule has 2 aromatic carbocycles. The van der Waals surface area contributed by atoms with E-state index in [1.54, 1.807) is 23.2 Å². The molecule has 0 saturated carbocycles. The summed E-state index contributed by atoms with van der Waals surface area (Å²) in [6.07, 6.45) is 3.34. The first-order chi connectivity index (χ1) is 20.8. The average molecular weight is 611 g/mol. The van der Waals surface area contributed by atoms with Crippen LogP contribution >= 0.6 is 11.6 Å². The van der Waals surface area contributed by atoms with Gasteiger partial charge < -0.3 is 14.5 Å². The molecule has 2 aromatic heterocycles. The average Bonchev–Trinajstić information content (AvgIpc) is 3.35. The van der Waals surface area contributed by atoms with Crippen molar-refractivity contribution in [3.05, 3.63) is 65.6 Å². The Balaban J connectivity index is 1.39. The van der Waals surface area contributed by atoms with Gasteiger partial charge >= 0.3 is 6.01 Å².